The number of carboxylic acid groups (broad SMARTS) is 1. The van der Waals surface area contributed by atoms with Gasteiger partial charge in [-0.15, -0.1) is 0 Å². The van der Waals surface area contributed by atoms with Gasteiger partial charge in [0.15, 0.2) is 0 Å². The molecular formula is C7H16N2O3. The first-order valence-corrected chi connectivity index (χ1v) is 3.77. The number of nitrogens with zero attached hydrogens (tertiary/aromatic N) is 1. The molecule has 5 nitrogen and oxygen atoms in total. The quantitative estimate of drug-likeness (QED) is 0.365. The fourth-order valence-corrected chi connectivity index (χ4v) is 0.785. The molecule has 0 fully saturated rings. The van der Waals surface area contributed by atoms with Crippen molar-refractivity contribution in [3.05, 3.63) is 0 Å². The molecule has 0 bridgehead atoms. The van der Waals surface area contributed by atoms with E-state index >= 15 is 0 Å². The predicted molar refractivity (Wildman–Crippen MR) is 41.7 cm³/mol. The van der Waals surface area contributed by atoms with Crippen molar-refractivity contribution in [3.63, 3.8) is 0 Å². The van der Waals surface area contributed by atoms with Gasteiger partial charge in [0.1, 0.15) is 19.4 Å². The molecule has 0 aromatic carbocycles. The number of hydrogen-bond acceptors (Lipinski definition) is 4. The van der Waals surface area contributed by atoms with Crippen LogP contribution < -0.4 is 10.4 Å². The van der Waals surface area contributed by atoms with Crippen LogP contribution in [0, 0.1) is 0 Å². The molecule has 0 aliphatic carbocycles. The molecule has 12 heavy (non-hydrogen) atoms. The van der Waals surface area contributed by atoms with Crippen LogP contribution in [-0.2, 0) is 4.79 Å². The summed E-state index contributed by atoms with van der Waals surface area (Å²) in [5.41, 5.74) is 0. The highest BCUT2D eigenvalue weighted by molar-refractivity contribution is 5.65. The van der Waals surface area contributed by atoms with E-state index in [2.05, 4.69) is 5.32 Å². The molecule has 0 amide bonds. The summed E-state index contributed by atoms with van der Waals surface area (Å²) in [5.74, 6) is -1.09. The molecule has 0 rings (SSSR count). The molecule has 0 aliphatic rings. The zero-order valence-electron chi connectivity index (χ0n) is 7.70. The molecule has 2 N–H and O–H groups in total. The Balaban J connectivity index is 3.78. The van der Waals surface area contributed by atoms with Gasteiger partial charge in [0.25, 0.3) is 0 Å². The van der Waals surface area contributed by atoms with E-state index in [1.54, 1.807) is 21.0 Å². The highest BCUT2D eigenvalue weighted by Gasteiger charge is 2.14. The van der Waals surface area contributed by atoms with E-state index in [-0.39, 0.29) is 11.0 Å². The Morgan fingerprint density at radius 1 is 1.67 bits per heavy atom. The van der Waals surface area contributed by atoms with Crippen LogP contribution in [0.15, 0.2) is 0 Å². The lowest BCUT2D eigenvalue weighted by Crippen LogP contribution is -2.53. The summed E-state index contributed by atoms with van der Waals surface area (Å²) in [6.07, 6.45) is -0.621. The smallest absolute Gasteiger partial charge is 0.134 e. The van der Waals surface area contributed by atoms with Crippen molar-refractivity contribution >= 4 is 5.97 Å². The Morgan fingerprint density at radius 3 is 2.50 bits per heavy atom. The molecule has 0 spiro atoms. The maximum atomic E-state index is 10.2. The molecular weight excluding hydrogens is 160 g/mol. The minimum Gasteiger partial charge on any atom is -0.544 e. The summed E-state index contributed by atoms with van der Waals surface area (Å²) in [7, 11) is 3.48. The highest BCUT2D eigenvalue weighted by Crippen LogP contribution is 1.92. The standard InChI is InChI=1S/C7H16N2O3/c1-6(10)8-5-9(2,3)4-7(11)12/h6,8,10H,4-5H2,1-3H3. The van der Waals surface area contributed by atoms with E-state index in [1.165, 1.54) is 0 Å². The SMILES string of the molecule is CC(O)NC[N+](C)(C)CC(=O)[O-]. The molecule has 72 valence electrons. The number of aliphatic carboxylic acids is 1. The normalized spacial score (nSPS) is 14.3. The van der Waals surface area contributed by atoms with Gasteiger partial charge in [0.2, 0.25) is 0 Å². The maximum absolute atomic E-state index is 10.2. The molecule has 0 saturated heterocycles. The molecule has 0 saturated carbocycles. The van der Waals surface area contributed by atoms with Crippen molar-refractivity contribution in [2.24, 2.45) is 0 Å². The Labute approximate surface area is 72.2 Å². The van der Waals surface area contributed by atoms with Gasteiger partial charge < -0.3 is 19.5 Å². The van der Waals surface area contributed by atoms with E-state index < -0.39 is 12.2 Å². The average Bonchev–Trinajstić information content (AvgIpc) is 1.81. The fourth-order valence-electron chi connectivity index (χ4n) is 0.785. The van der Waals surface area contributed by atoms with E-state index in [1.807, 2.05) is 0 Å². The minimum atomic E-state index is -1.09. The first-order chi connectivity index (χ1) is 5.33. The molecule has 0 heterocycles. The van der Waals surface area contributed by atoms with E-state index in [0.29, 0.717) is 6.67 Å². The molecule has 0 aromatic heterocycles. The number of carbonyl (C=O) groups excluding carboxylic acids is 1. The molecule has 1 unspecified atom stereocenters. The van der Waals surface area contributed by atoms with Gasteiger partial charge in [-0.3, -0.25) is 0 Å². The van der Waals surface area contributed by atoms with Crippen molar-refractivity contribution in [3.8, 4) is 0 Å². The second kappa shape index (κ2) is 4.39. The van der Waals surface area contributed by atoms with Crippen LogP contribution in [0.4, 0.5) is 0 Å². The lowest BCUT2D eigenvalue weighted by molar-refractivity contribution is -0.888. The zero-order chi connectivity index (χ0) is 9.78. The first-order valence-electron chi connectivity index (χ1n) is 3.77. The van der Waals surface area contributed by atoms with Crippen molar-refractivity contribution in [2.75, 3.05) is 27.3 Å². The Bertz CT molecular complexity index is 157. The predicted octanol–water partition coefficient (Wildman–Crippen LogP) is -2.30. The molecule has 5 heteroatoms. The van der Waals surface area contributed by atoms with Crippen LogP contribution in [0.25, 0.3) is 0 Å². The van der Waals surface area contributed by atoms with Crippen LogP contribution in [0.5, 0.6) is 0 Å². The summed E-state index contributed by atoms with van der Waals surface area (Å²) in [6.45, 7) is 1.91. The van der Waals surface area contributed by atoms with Crippen molar-refractivity contribution < 1.29 is 19.5 Å². The van der Waals surface area contributed by atoms with Gasteiger partial charge >= 0.3 is 0 Å². The number of aliphatic hydroxyl groups is 1. The highest BCUT2D eigenvalue weighted by atomic mass is 16.4. The van der Waals surface area contributed by atoms with Crippen LogP contribution in [-0.4, -0.2) is 49.1 Å². The van der Waals surface area contributed by atoms with E-state index in [0.717, 1.165) is 0 Å². The van der Waals surface area contributed by atoms with Gasteiger partial charge in [-0.05, 0) is 6.92 Å². The van der Waals surface area contributed by atoms with Crippen LogP contribution in [0.1, 0.15) is 6.92 Å². The van der Waals surface area contributed by atoms with Gasteiger partial charge in [-0.2, -0.15) is 0 Å². The number of hydrogen-bond donors (Lipinski definition) is 2. The minimum absolute atomic E-state index is 0.0697. The largest absolute Gasteiger partial charge is 0.544 e. The Morgan fingerprint density at radius 2 is 2.17 bits per heavy atom. The third-order valence-corrected chi connectivity index (χ3v) is 1.37. The Kier molecular flexibility index (Phi) is 4.16. The van der Waals surface area contributed by atoms with Crippen molar-refractivity contribution in [1.29, 1.82) is 0 Å². The number of carbonyl (C=O) groups is 1. The number of nitrogens with one attached hydrogen (secondary N) is 1. The number of carboxylic acids is 1. The molecule has 0 aromatic rings. The summed E-state index contributed by atoms with van der Waals surface area (Å²) in [4.78, 5) is 10.2. The van der Waals surface area contributed by atoms with Crippen LogP contribution in [0.2, 0.25) is 0 Å². The third-order valence-electron chi connectivity index (χ3n) is 1.37. The van der Waals surface area contributed by atoms with Gasteiger partial charge in [0.05, 0.1) is 20.1 Å². The van der Waals surface area contributed by atoms with E-state index in [4.69, 9.17) is 5.11 Å². The summed E-state index contributed by atoms with van der Waals surface area (Å²) >= 11 is 0. The average molecular weight is 176 g/mol. The lowest BCUT2D eigenvalue weighted by atomic mass is 10.5. The summed E-state index contributed by atoms with van der Waals surface area (Å²) < 4.78 is 0.243. The second-order valence-corrected chi connectivity index (χ2v) is 3.50. The zero-order valence-corrected chi connectivity index (χ0v) is 7.70. The maximum Gasteiger partial charge on any atom is 0.134 e. The molecule has 0 aliphatic heterocycles. The topological polar surface area (TPSA) is 72.4 Å². The number of likely N-dealkylation sites (N-methyl/N-ethyl adjacent to an activating group) is 1. The molecule has 1 atom stereocenters. The van der Waals surface area contributed by atoms with E-state index in [9.17, 15) is 9.90 Å². The fraction of sp³-hybridized carbons (Fsp3) is 0.857. The number of rotatable bonds is 5. The first kappa shape index (κ1) is 11.4. The third kappa shape index (κ3) is 6.09. The number of aliphatic hydroxyl groups excluding tert-OH is 1. The van der Waals surface area contributed by atoms with Gasteiger partial charge in [0, 0.05) is 0 Å². The lowest BCUT2D eigenvalue weighted by Gasteiger charge is -2.30. The second-order valence-electron chi connectivity index (χ2n) is 3.50. The van der Waals surface area contributed by atoms with Crippen LogP contribution in [0.3, 0.4) is 0 Å². The monoisotopic (exact) mass is 176 g/mol. The van der Waals surface area contributed by atoms with Gasteiger partial charge in [-0.1, -0.05) is 0 Å². The summed E-state index contributed by atoms with van der Waals surface area (Å²) in [5, 5.41) is 21.8. The van der Waals surface area contributed by atoms with Crippen molar-refractivity contribution in [2.45, 2.75) is 13.2 Å². The summed E-state index contributed by atoms with van der Waals surface area (Å²) in [6, 6.07) is 0. The molecule has 0 radical (unpaired) electrons. The Hall–Kier alpha value is -0.650. The van der Waals surface area contributed by atoms with Crippen molar-refractivity contribution in [1.82, 2.24) is 5.32 Å². The van der Waals surface area contributed by atoms with Crippen LogP contribution >= 0.6 is 0 Å². The van der Waals surface area contributed by atoms with Gasteiger partial charge in [-0.25, -0.2) is 5.32 Å². The number of quaternary nitrogens is 1.